The van der Waals surface area contributed by atoms with Gasteiger partial charge >= 0.3 is 0 Å². The SMILES string of the molecule is CC(C)[C@@H]1CN(c2ccnc3ccc([N+](=O)[O-])cc23)CCN1. The van der Waals surface area contributed by atoms with Gasteiger partial charge in [-0.05, 0) is 18.1 Å². The van der Waals surface area contributed by atoms with E-state index in [-0.39, 0.29) is 10.6 Å². The van der Waals surface area contributed by atoms with Crippen LogP contribution in [0.15, 0.2) is 30.5 Å². The van der Waals surface area contributed by atoms with E-state index in [0.717, 1.165) is 36.2 Å². The monoisotopic (exact) mass is 300 g/mol. The van der Waals surface area contributed by atoms with Crippen LogP contribution in [0.2, 0.25) is 0 Å². The zero-order chi connectivity index (χ0) is 15.7. The van der Waals surface area contributed by atoms with Crippen LogP contribution >= 0.6 is 0 Å². The third-order valence-electron chi connectivity index (χ3n) is 4.26. The number of hydrogen-bond acceptors (Lipinski definition) is 5. The summed E-state index contributed by atoms with van der Waals surface area (Å²) in [5.41, 5.74) is 1.93. The number of benzene rings is 1. The van der Waals surface area contributed by atoms with Crippen molar-refractivity contribution in [2.24, 2.45) is 5.92 Å². The van der Waals surface area contributed by atoms with Gasteiger partial charge in [-0.3, -0.25) is 15.1 Å². The van der Waals surface area contributed by atoms with E-state index in [9.17, 15) is 10.1 Å². The summed E-state index contributed by atoms with van der Waals surface area (Å²) in [5, 5.41) is 15.4. The first-order valence-electron chi connectivity index (χ1n) is 7.58. The van der Waals surface area contributed by atoms with Gasteiger partial charge in [-0.1, -0.05) is 13.8 Å². The maximum Gasteiger partial charge on any atom is 0.270 e. The van der Waals surface area contributed by atoms with E-state index < -0.39 is 0 Å². The van der Waals surface area contributed by atoms with E-state index in [0.29, 0.717) is 12.0 Å². The van der Waals surface area contributed by atoms with Crippen LogP contribution in [0.5, 0.6) is 0 Å². The first-order valence-corrected chi connectivity index (χ1v) is 7.58. The molecule has 3 rings (SSSR count). The number of aromatic nitrogens is 1. The molecule has 22 heavy (non-hydrogen) atoms. The predicted molar refractivity (Wildman–Crippen MR) is 87.2 cm³/mol. The van der Waals surface area contributed by atoms with Crippen molar-refractivity contribution in [1.82, 2.24) is 10.3 Å². The Bertz CT molecular complexity index is 702. The third-order valence-corrected chi connectivity index (χ3v) is 4.26. The van der Waals surface area contributed by atoms with Crippen molar-refractivity contribution in [3.8, 4) is 0 Å². The van der Waals surface area contributed by atoms with E-state index in [1.807, 2.05) is 6.07 Å². The van der Waals surface area contributed by atoms with Gasteiger partial charge in [0.05, 0.1) is 10.4 Å². The van der Waals surface area contributed by atoms with E-state index >= 15 is 0 Å². The smallest absolute Gasteiger partial charge is 0.270 e. The van der Waals surface area contributed by atoms with Gasteiger partial charge in [0.15, 0.2) is 0 Å². The summed E-state index contributed by atoms with van der Waals surface area (Å²) in [6.45, 7) is 7.12. The quantitative estimate of drug-likeness (QED) is 0.697. The van der Waals surface area contributed by atoms with Gasteiger partial charge in [0, 0.05) is 55.1 Å². The Hall–Kier alpha value is -2.21. The van der Waals surface area contributed by atoms with Crippen LogP contribution in [0, 0.1) is 16.0 Å². The molecule has 116 valence electrons. The Morgan fingerprint density at radius 1 is 1.41 bits per heavy atom. The highest BCUT2D eigenvalue weighted by molar-refractivity contribution is 5.93. The number of nitro groups is 1. The second-order valence-corrected chi connectivity index (χ2v) is 6.04. The summed E-state index contributed by atoms with van der Waals surface area (Å²) < 4.78 is 0. The Balaban J connectivity index is 2.02. The second kappa shape index (κ2) is 5.88. The fraction of sp³-hybridized carbons (Fsp3) is 0.438. The Morgan fingerprint density at radius 3 is 2.95 bits per heavy atom. The van der Waals surface area contributed by atoms with Gasteiger partial charge in [0.25, 0.3) is 5.69 Å². The third kappa shape index (κ3) is 2.74. The van der Waals surface area contributed by atoms with E-state index in [1.165, 1.54) is 6.07 Å². The summed E-state index contributed by atoms with van der Waals surface area (Å²) in [6.07, 6.45) is 1.77. The lowest BCUT2D eigenvalue weighted by Crippen LogP contribution is -2.53. The molecule has 0 bridgehead atoms. The van der Waals surface area contributed by atoms with Crippen molar-refractivity contribution in [3.63, 3.8) is 0 Å². The molecule has 1 aromatic carbocycles. The lowest BCUT2D eigenvalue weighted by molar-refractivity contribution is -0.384. The molecule has 1 atom stereocenters. The molecule has 6 heteroatoms. The minimum absolute atomic E-state index is 0.109. The number of fused-ring (bicyclic) bond motifs is 1. The summed E-state index contributed by atoms with van der Waals surface area (Å²) in [6, 6.07) is 7.24. The zero-order valence-corrected chi connectivity index (χ0v) is 12.8. The summed E-state index contributed by atoms with van der Waals surface area (Å²) in [7, 11) is 0. The van der Waals surface area contributed by atoms with Crippen LogP contribution < -0.4 is 10.2 Å². The molecule has 6 nitrogen and oxygen atoms in total. The van der Waals surface area contributed by atoms with Crippen LogP contribution in [-0.4, -0.2) is 35.6 Å². The van der Waals surface area contributed by atoms with Gasteiger partial charge in [0.2, 0.25) is 0 Å². The molecule has 0 aliphatic carbocycles. The van der Waals surface area contributed by atoms with Crippen molar-refractivity contribution in [2.45, 2.75) is 19.9 Å². The number of hydrogen-bond donors (Lipinski definition) is 1. The van der Waals surface area contributed by atoms with E-state index in [4.69, 9.17) is 0 Å². The molecule has 1 aromatic heterocycles. The van der Waals surface area contributed by atoms with Gasteiger partial charge in [-0.2, -0.15) is 0 Å². The fourth-order valence-electron chi connectivity index (χ4n) is 2.95. The molecular weight excluding hydrogens is 280 g/mol. The molecule has 0 saturated carbocycles. The number of anilines is 1. The number of pyridine rings is 1. The maximum atomic E-state index is 11.0. The lowest BCUT2D eigenvalue weighted by atomic mass is 10.0. The molecule has 1 saturated heterocycles. The average molecular weight is 300 g/mol. The minimum atomic E-state index is -0.356. The number of rotatable bonds is 3. The van der Waals surface area contributed by atoms with Gasteiger partial charge in [-0.15, -0.1) is 0 Å². The average Bonchev–Trinajstić information content (AvgIpc) is 2.53. The molecular formula is C16H20N4O2. The van der Waals surface area contributed by atoms with Gasteiger partial charge in [0.1, 0.15) is 0 Å². The topological polar surface area (TPSA) is 71.3 Å². The number of nitrogens with one attached hydrogen (secondary N) is 1. The molecule has 1 fully saturated rings. The summed E-state index contributed by atoms with van der Waals surface area (Å²) >= 11 is 0. The first-order chi connectivity index (χ1) is 10.6. The molecule has 1 aliphatic rings. The normalized spacial score (nSPS) is 18.9. The van der Waals surface area contributed by atoms with Crippen molar-refractivity contribution in [2.75, 3.05) is 24.5 Å². The van der Waals surface area contributed by atoms with Gasteiger partial charge < -0.3 is 10.2 Å². The molecule has 0 radical (unpaired) electrons. The van der Waals surface area contributed by atoms with Crippen LogP contribution in [-0.2, 0) is 0 Å². The predicted octanol–water partition coefficient (Wildman–Crippen LogP) is 2.58. The second-order valence-electron chi connectivity index (χ2n) is 6.04. The molecule has 2 heterocycles. The number of nitro benzene ring substituents is 1. The van der Waals surface area contributed by atoms with E-state index in [1.54, 1.807) is 18.3 Å². The Labute approximate surface area is 129 Å². The summed E-state index contributed by atoms with van der Waals surface area (Å²) in [4.78, 5) is 17.3. The van der Waals surface area contributed by atoms with Crippen molar-refractivity contribution in [1.29, 1.82) is 0 Å². The van der Waals surface area contributed by atoms with Crippen molar-refractivity contribution < 1.29 is 4.92 Å². The minimum Gasteiger partial charge on any atom is -0.368 e. The van der Waals surface area contributed by atoms with Crippen molar-refractivity contribution in [3.05, 3.63) is 40.6 Å². The van der Waals surface area contributed by atoms with E-state index in [2.05, 4.69) is 29.0 Å². The van der Waals surface area contributed by atoms with Crippen molar-refractivity contribution >= 4 is 22.3 Å². The molecule has 0 unspecified atom stereocenters. The molecule has 0 spiro atoms. The highest BCUT2D eigenvalue weighted by Gasteiger charge is 2.23. The lowest BCUT2D eigenvalue weighted by Gasteiger charge is -2.37. The van der Waals surface area contributed by atoms with Gasteiger partial charge in [-0.25, -0.2) is 0 Å². The first kappa shape index (κ1) is 14.7. The number of non-ortho nitro benzene ring substituents is 1. The zero-order valence-electron chi connectivity index (χ0n) is 12.8. The molecule has 0 amide bonds. The van der Waals surface area contributed by atoms with Crippen LogP contribution in [0.4, 0.5) is 11.4 Å². The Kier molecular flexibility index (Phi) is 3.94. The standard InChI is InChI=1S/C16H20N4O2/c1-11(2)15-10-19(8-7-18-15)16-5-6-17-14-4-3-12(20(21)22)9-13(14)16/h3-6,9,11,15,18H,7-8,10H2,1-2H3/t15-/m0/s1. The summed E-state index contributed by atoms with van der Waals surface area (Å²) in [5.74, 6) is 0.547. The van der Waals surface area contributed by atoms with Crippen LogP contribution in [0.1, 0.15) is 13.8 Å². The number of piperazine rings is 1. The van der Waals surface area contributed by atoms with Crippen LogP contribution in [0.3, 0.4) is 0 Å². The Morgan fingerprint density at radius 2 is 2.23 bits per heavy atom. The fourth-order valence-corrected chi connectivity index (χ4v) is 2.95. The molecule has 1 aliphatic heterocycles. The largest absolute Gasteiger partial charge is 0.368 e. The molecule has 1 N–H and O–H groups in total. The highest BCUT2D eigenvalue weighted by atomic mass is 16.6. The number of nitrogens with zero attached hydrogens (tertiary/aromatic N) is 3. The highest BCUT2D eigenvalue weighted by Crippen LogP contribution is 2.29. The molecule has 2 aromatic rings. The maximum absolute atomic E-state index is 11.0. The van der Waals surface area contributed by atoms with Crippen LogP contribution in [0.25, 0.3) is 10.9 Å².